The van der Waals surface area contributed by atoms with Crippen LogP contribution in [-0.4, -0.2) is 64.9 Å². The zero-order chi connectivity index (χ0) is 15.6. The lowest BCUT2D eigenvalue weighted by atomic mass is 9.86. The first-order chi connectivity index (χ1) is 9.88. The molecule has 21 heavy (non-hydrogen) atoms. The van der Waals surface area contributed by atoms with E-state index in [2.05, 4.69) is 5.32 Å². The molecule has 8 heteroatoms. The fourth-order valence-corrected chi connectivity index (χ4v) is 2.73. The van der Waals surface area contributed by atoms with Crippen LogP contribution in [0.15, 0.2) is 0 Å². The molecule has 0 aromatic heterocycles. The first kappa shape index (κ1) is 15.3. The molecule has 2 N–H and O–H groups in total. The minimum atomic E-state index is -0.795. The molecule has 1 aliphatic heterocycles. The number of imide groups is 1. The summed E-state index contributed by atoms with van der Waals surface area (Å²) in [6.45, 7) is -0.281. The molecule has 0 unspecified atom stereocenters. The molecule has 1 heterocycles. The van der Waals surface area contributed by atoms with Crippen molar-refractivity contribution in [2.24, 2.45) is 5.92 Å². The molecule has 4 amide bonds. The van der Waals surface area contributed by atoms with E-state index in [-0.39, 0.29) is 36.9 Å². The highest BCUT2D eigenvalue weighted by Gasteiger charge is 2.35. The summed E-state index contributed by atoms with van der Waals surface area (Å²) in [4.78, 5) is 48.1. The minimum absolute atomic E-state index is 0.00413. The summed E-state index contributed by atoms with van der Waals surface area (Å²) < 4.78 is 0. The van der Waals surface area contributed by atoms with Crippen LogP contribution < -0.4 is 5.32 Å². The van der Waals surface area contributed by atoms with Gasteiger partial charge in [-0.05, 0) is 25.7 Å². The lowest BCUT2D eigenvalue weighted by Gasteiger charge is -2.27. The van der Waals surface area contributed by atoms with Gasteiger partial charge in [0.2, 0.25) is 5.91 Å². The van der Waals surface area contributed by atoms with E-state index < -0.39 is 12.0 Å². The van der Waals surface area contributed by atoms with Crippen LogP contribution in [0.3, 0.4) is 0 Å². The Kier molecular flexibility index (Phi) is 4.44. The number of amides is 4. The van der Waals surface area contributed by atoms with Gasteiger partial charge in [-0.1, -0.05) is 0 Å². The highest BCUT2D eigenvalue weighted by molar-refractivity contribution is 6.04. The normalized spacial score (nSPS) is 26.1. The van der Waals surface area contributed by atoms with E-state index in [4.69, 9.17) is 5.11 Å². The maximum absolute atomic E-state index is 11.9. The topological polar surface area (TPSA) is 107 Å². The standard InChI is InChI=1S/C13H19N3O5/c1-15-7-11(18)16(13(15)21)6-10(17)14-9-4-2-8(3-5-9)12(19)20/h8-9H,2-7H2,1H3,(H,14,17)(H,19,20). The number of nitrogens with one attached hydrogen (secondary N) is 1. The Balaban J connectivity index is 1.79. The van der Waals surface area contributed by atoms with Crippen LogP contribution in [0.2, 0.25) is 0 Å². The van der Waals surface area contributed by atoms with Gasteiger partial charge in [-0.3, -0.25) is 19.3 Å². The number of carbonyl (C=O) groups is 4. The fraction of sp³-hybridized carbons (Fsp3) is 0.692. The molecule has 0 aromatic carbocycles. The SMILES string of the molecule is CN1CC(=O)N(CC(=O)NC2CCC(C(=O)O)CC2)C1=O. The van der Waals surface area contributed by atoms with Crippen molar-refractivity contribution in [3.8, 4) is 0 Å². The third kappa shape index (κ3) is 3.50. The van der Waals surface area contributed by atoms with Crippen LogP contribution in [0.1, 0.15) is 25.7 Å². The molecule has 0 radical (unpaired) electrons. The van der Waals surface area contributed by atoms with Crippen LogP contribution in [0.4, 0.5) is 4.79 Å². The van der Waals surface area contributed by atoms with Crippen molar-refractivity contribution in [1.82, 2.24) is 15.1 Å². The second-order valence-electron chi connectivity index (χ2n) is 5.57. The predicted octanol–water partition coefficient (Wildman–Crippen LogP) is -0.360. The van der Waals surface area contributed by atoms with E-state index in [1.165, 1.54) is 11.9 Å². The van der Waals surface area contributed by atoms with E-state index in [0.717, 1.165) is 4.90 Å². The van der Waals surface area contributed by atoms with Crippen LogP contribution in [0, 0.1) is 5.92 Å². The second-order valence-corrected chi connectivity index (χ2v) is 5.57. The van der Waals surface area contributed by atoms with Crippen molar-refractivity contribution in [2.45, 2.75) is 31.7 Å². The zero-order valence-electron chi connectivity index (χ0n) is 11.9. The van der Waals surface area contributed by atoms with Crippen LogP contribution >= 0.6 is 0 Å². The Morgan fingerprint density at radius 3 is 2.33 bits per heavy atom. The third-order valence-corrected chi connectivity index (χ3v) is 3.97. The van der Waals surface area contributed by atoms with Crippen molar-refractivity contribution in [1.29, 1.82) is 0 Å². The predicted molar refractivity (Wildman–Crippen MR) is 71.3 cm³/mol. The molecular weight excluding hydrogens is 278 g/mol. The number of urea groups is 1. The summed E-state index contributed by atoms with van der Waals surface area (Å²) in [5.41, 5.74) is 0. The molecule has 0 atom stereocenters. The summed E-state index contributed by atoms with van der Waals surface area (Å²) in [6.07, 6.45) is 2.27. The Morgan fingerprint density at radius 1 is 1.24 bits per heavy atom. The van der Waals surface area contributed by atoms with E-state index in [1.807, 2.05) is 0 Å². The number of likely N-dealkylation sites (N-methyl/N-ethyl adjacent to an activating group) is 1. The minimum Gasteiger partial charge on any atom is -0.481 e. The number of nitrogens with zero attached hydrogens (tertiary/aromatic N) is 2. The lowest BCUT2D eigenvalue weighted by molar-refractivity contribution is -0.143. The van der Waals surface area contributed by atoms with Gasteiger partial charge in [-0.15, -0.1) is 0 Å². The van der Waals surface area contributed by atoms with Crippen LogP contribution in [-0.2, 0) is 14.4 Å². The van der Waals surface area contributed by atoms with Gasteiger partial charge >= 0.3 is 12.0 Å². The molecule has 2 aliphatic rings. The van der Waals surface area contributed by atoms with Gasteiger partial charge in [0.1, 0.15) is 13.1 Å². The number of carboxylic acid groups (broad SMARTS) is 1. The van der Waals surface area contributed by atoms with Crippen LogP contribution in [0.25, 0.3) is 0 Å². The average Bonchev–Trinajstić information content (AvgIpc) is 2.66. The molecule has 116 valence electrons. The number of hydrogen-bond donors (Lipinski definition) is 2. The number of carboxylic acids is 1. The van der Waals surface area contributed by atoms with E-state index in [1.54, 1.807) is 0 Å². The Bertz CT molecular complexity index is 470. The Hall–Kier alpha value is -2.12. The zero-order valence-corrected chi connectivity index (χ0v) is 11.9. The molecule has 2 fully saturated rings. The maximum Gasteiger partial charge on any atom is 0.327 e. The van der Waals surface area contributed by atoms with Crippen molar-refractivity contribution in [3.63, 3.8) is 0 Å². The number of aliphatic carboxylic acids is 1. The number of carbonyl (C=O) groups excluding carboxylic acids is 3. The largest absolute Gasteiger partial charge is 0.481 e. The highest BCUT2D eigenvalue weighted by Crippen LogP contribution is 2.24. The second kappa shape index (κ2) is 6.11. The van der Waals surface area contributed by atoms with Crippen LogP contribution in [0.5, 0.6) is 0 Å². The van der Waals surface area contributed by atoms with E-state index >= 15 is 0 Å². The summed E-state index contributed by atoms with van der Waals surface area (Å²) in [6, 6.07) is -0.552. The molecular formula is C13H19N3O5. The summed E-state index contributed by atoms with van der Waals surface area (Å²) >= 11 is 0. The molecule has 0 aromatic rings. The highest BCUT2D eigenvalue weighted by atomic mass is 16.4. The molecule has 0 spiro atoms. The molecule has 0 bridgehead atoms. The quantitative estimate of drug-likeness (QED) is 0.689. The molecule has 1 saturated heterocycles. The van der Waals surface area contributed by atoms with E-state index in [9.17, 15) is 19.2 Å². The summed E-state index contributed by atoms with van der Waals surface area (Å²) in [5.74, 6) is -1.90. The fourth-order valence-electron chi connectivity index (χ4n) is 2.73. The molecule has 8 nitrogen and oxygen atoms in total. The van der Waals surface area contributed by atoms with Gasteiger partial charge in [0, 0.05) is 13.1 Å². The molecule has 2 rings (SSSR count). The van der Waals surface area contributed by atoms with Crippen molar-refractivity contribution >= 4 is 23.8 Å². The van der Waals surface area contributed by atoms with Gasteiger partial charge < -0.3 is 15.3 Å². The number of hydrogen-bond acceptors (Lipinski definition) is 4. The van der Waals surface area contributed by atoms with Crippen molar-refractivity contribution in [3.05, 3.63) is 0 Å². The van der Waals surface area contributed by atoms with Crippen molar-refractivity contribution in [2.75, 3.05) is 20.1 Å². The third-order valence-electron chi connectivity index (χ3n) is 3.97. The lowest BCUT2D eigenvalue weighted by Crippen LogP contribution is -2.45. The smallest absolute Gasteiger partial charge is 0.327 e. The molecule has 1 saturated carbocycles. The summed E-state index contributed by atoms with van der Waals surface area (Å²) in [5, 5.41) is 11.7. The van der Waals surface area contributed by atoms with Crippen molar-refractivity contribution < 1.29 is 24.3 Å². The Morgan fingerprint density at radius 2 is 1.86 bits per heavy atom. The maximum atomic E-state index is 11.9. The molecule has 1 aliphatic carbocycles. The van der Waals surface area contributed by atoms with Gasteiger partial charge in [0.25, 0.3) is 5.91 Å². The van der Waals surface area contributed by atoms with E-state index in [0.29, 0.717) is 25.7 Å². The number of rotatable bonds is 4. The van der Waals surface area contributed by atoms with Gasteiger partial charge in [-0.25, -0.2) is 4.79 Å². The van der Waals surface area contributed by atoms with Gasteiger partial charge in [-0.2, -0.15) is 0 Å². The Labute approximate surface area is 122 Å². The average molecular weight is 297 g/mol. The summed E-state index contributed by atoms with van der Waals surface area (Å²) in [7, 11) is 1.51. The van der Waals surface area contributed by atoms with Gasteiger partial charge in [0.05, 0.1) is 5.92 Å². The first-order valence-electron chi connectivity index (χ1n) is 6.96. The monoisotopic (exact) mass is 297 g/mol. The van der Waals surface area contributed by atoms with Gasteiger partial charge in [0.15, 0.2) is 0 Å². The first-order valence-corrected chi connectivity index (χ1v) is 6.96.